The van der Waals surface area contributed by atoms with Crippen LogP contribution in [0.4, 0.5) is 5.69 Å². The van der Waals surface area contributed by atoms with E-state index in [1.807, 2.05) is 12.1 Å². The summed E-state index contributed by atoms with van der Waals surface area (Å²) in [5, 5.41) is 13.6. The molecule has 2 unspecified atom stereocenters. The lowest BCUT2D eigenvalue weighted by atomic mass is 10.1. The fourth-order valence-electron chi connectivity index (χ4n) is 2.55. The van der Waals surface area contributed by atoms with Crippen LogP contribution in [0.3, 0.4) is 0 Å². The van der Waals surface area contributed by atoms with Crippen LogP contribution in [0.25, 0.3) is 0 Å². The smallest absolute Gasteiger partial charge is 0.0602 e. The van der Waals surface area contributed by atoms with Gasteiger partial charge in [0.05, 0.1) is 6.61 Å². The van der Waals surface area contributed by atoms with E-state index in [1.165, 1.54) is 11.3 Å². The summed E-state index contributed by atoms with van der Waals surface area (Å²) in [6.07, 6.45) is 1.08. The van der Waals surface area contributed by atoms with Gasteiger partial charge in [-0.3, -0.25) is 0 Å². The molecule has 100 valence electrons. The van der Waals surface area contributed by atoms with E-state index in [-0.39, 0.29) is 12.6 Å². The average molecular weight is 269 g/mol. The second-order valence-electron chi connectivity index (χ2n) is 5.11. The molecule has 0 aromatic heterocycles. The molecule has 0 aliphatic carbocycles. The third-order valence-electron chi connectivity index (χ3n) is 3.51. The van der Waals surface area contributed by atoms with Gasteiger partial charge in [-0.2, -0.15) is 0 Å². The zero-order chi connectivity index (χ0) is 13.1. The highest BCUT2D eigenvalue weighted by Crippen LogP contribution is 2.25. The summed E-state index contributed by atoms with van der Waals surface area (Å²) >= 11 is 6.00. The molecule has 1 saturated heterocycles. The Labute approximate surface area is 114 Å². The molecule has 0 saturated carbocycles. The van der Waals surface area contributed by atoms with E-state index in [2.05, 4.69) is 30.1 Å². The molecule has 1 aliphatic heterocycles. The Balaban J connectivity index is 2.20. The molecule has 1 aromatic rings. The maximum atomic E-state index is 9.40. The van der Waals surface area contributed by atoms with E-state index in [0.29, 0.717) is 6.04 Å². The number of hydrogen-bond donors (Lipinski definition) is 2. The van der Waals surface area contributed by atoms with E-state index in [1.54, 1.807) is 0 Å². The van der Waals surface area contributed by atoms with Crippen LogP contribution in [0.5, 0.6) is 0 Å². The first-order valence-corrected chi connectivity index (χ1v) is 6.86. The number of anilines is 1. The van der Waals surface area contributed by atoms with Crippen molar-refractivity contribution in [2.75, 3.05) is 24.6 Å². The number of nitrogens with one attached hydrogen (secondary N) is 1. The monoisotopic (exact) mass is 268 g/mol. The van der Waals surface area contributed by atoms with Gasteiger partial charge in [-0.05, 0) is 44.0 Å². The standard InChI is InChI=1S/C14H21ClN2O/c1-10-7-12(15)3-4-14(10)17-6-5-11(2)16-13(8-17)9-18/h3-4,7,11,13,16,18H,5-6,8-9H2,1-2H3. The summed E-state index contributed by atoms with van der Waals surface area (Å²) in [7, 11) is 0. The molecule has 1 aliphatic rings. The van der Waals surface area contributed by atoms with Gasteiger partial charge in [0.15, 0.2) is 0 Å². The second kappa shape index (κ2) is 5.91. The Morgan fingerprint density at radius 1 is 1.50 bits per heavy atom. The largest absolute Gasteiger partial charge is 0.395 e. The van der Waals surface area contributed by atoms with Gasteiger partial charge in [-0.15, -0.1) is 0 Å². The number of aryl methyl sites for hydroxylation is 1. The van der Waals surface area contributed by atoms with Gasteiger partial charge in [-0.25, -0.2) is 0 Å². The summed E-state index contributed by atoms with van der Waals surface area (Å²) < 4.78 is 0. The van der Waals surface area contributed by atoms with Crippen molar-refractivity contribution >= 4 is 17.3 Å². The number of rotatable bonds is 2. The zero-order valence-corrected chi connectivity index (χ0v) is 11.7. The van der Waals surface area contributed by atoms with Crippen molar-refractivity contribution in [3.05, 3.63) is 28.8 Å². The number of aliphatic hydroxyl groups excluding tert-OH is 1. The van der Waals surface area contributed by atoms with E-state index >= 15 is 0 Å². The van der Waals surface area contributed by atoms with Crippen LogP contribution in [0, 0.1) is 6.92 Å². The van der Waals surface area contributed by atoms with Crippen molar-refractivity contribution in [1.29, 1.82) is 0 Å². The van der Waals surface area contributed by atoms with E-state index in [9.17, 15) is 5.11 Å². The van der Waals surface area contributed by atoms with Crippen LogP contribution in [0.15, 0.2) is 18.2 Å². The molecule has 0 amide bonds. The number of aliphatic hydroxyl groups is 1. The Bertz CT molecular complexity index is 411. The topological polar surface area (TPSA) is 35.5 Å². The molecule has 2 rings (SSSR count). The molecule has 2 atom stereocenters. The molecule has 18 heavy (non-hydrogen) atoms. The zero-order valence-electron chi connectivity index (χ0n) is 11.0. The highest BCUT2D eigenvalue weighted by atomic mass is 35.5. The number of halogens is 1. The number of nitrogens with zero attached hydrogens (tertiary/aromatic N) is 1. The third-order valence-corrected chi connectivity index (χ3v) is 3.75. The first-order valence-electron chi connectivity index (χ1n) is 6.48. The molecular weight excluding hydrogens is 248 g/mol. The van der Waals surface area contributed by atoms with Gasteiger partial charge in [0.1, 0.15) is 0 Å². The molecule has 1 aromatic carbocycles. The Hall–Kier alpha value is -0.770. The molecule has 0 bridgehead atoms. The lowest BCUT2D eigenvalue weighted by molar-refractivity contribution is 0.240. The molecule has 3 nitrogen and oxygen atoms in total. The molecule has 2 N–H and O–H groups in total. The second-order valence-corrected chi connectivity index (χ2v) is 5.55. The molecule has 0 radical (unpaired) electrons. The van der Waals surface area contributed by atoms with Crippen molar-refractivity contribution in [2.24, 2.45) is 0 Å². The molecular formula is C14H21ClN2O. The van der Waals surface area contributed by atoms with Gasteiger partial charge in [-0.1, -0.05) is 11.6 Å². The summed E-state index contributed by atoms with van der Waals surface area (Å²) in [6, 6.07) is 6.58. The molecule has 1 heterocycles. The Kier molecular flexibility index (Phi) is 4.49. The summed E-state index contributed by atoms with van der Waals surface area (Å²) in [5.74, 6) is 0. The maximum Gasteiger partial charge on any atom is 0.0602 e. The van der Waals surface area contributed by atoms with Gasteiger partial charge >= 0.3 is 0 Å². The van der Waals surface area contributed by atoms with Crippen molar-refractivity contribution in [3.63, 3.8) is 0 Å². The van der Waals surface area contributed by atoms with Gasteiger partial charge in [0, 0.05) is 35.9 Å². The van der Waals surface area contributed by atoms with Crippen LogP contribution < -0.4 is 10.2 Å². The lowest BCUT2D eigenvalue weighted by Gasteiger charge is -2.27. The SMILES string of the molecule is Cc1cc(Cl)ccc1N1CCC(C)NC(CO)C1. The minimum Gasteiger partial charge on any atom is -0.395 e. The van der Waals surface area contributed by atoms with Crippen molar-refractivity contribution in [3.8, 4) is 0 Å². The van der Waals surface area contributed by atoms with Crippen LogP contribution in [0.2, 0.25) is 5.02 Å². The minimum atomic E-state index is 0.137. The molecule has 1 fully saturated rings. The first kappa shape index (κ1) is 13.7. The van der Waals surface area contributed by atoms with Crippen molar-refractivity contribution in [1.82, 2.24) is 5.32 Å². The fraction of sp³-hybridized carbons (Fsp3) is 0.571. The fourth-order valence-corrected chi connectivity index (χ4v) is 2.77. The number of hydrogen-bond acceptors (Lipinski definition) is 3. The van der Waals surface area contributed by atoms with Gasteiger partial charge < -0.3 is 15.3 Å². The third kappa shape index (κ3) is 3.16. The minimum absolute atomic E-state index is 0.137. The van der Waals surface area contributed by atoms with E-state index < -0.39 is 0 Å². The summed E-state index contributed by atoms with van der Waals surface area (Å²) in [5.41, 5.74) is 2.41. The number of benzene rings is 1. The quantitative estimate of drug-likeness (QED) is 0.863. The summed E-state index contributed by atoms with van der Waals surface area (Å²) in [4.78, 5) is 2.34. The Morgan fingerprint density at radius 2 is 2.28 bits per heavy atom. The normalized spacial score (nSPS) is 25.0. The molecule has 4 heteroatoms. The van der Waals surface area contributed by atoms with E-state index in [0.717, 1.165) is 24.5 Å². The Morgan fingerprint density at radius 3 is 2.94 bits per heavy atom. The predicted molar refractivity (Wildman–Crippen MR) is 76.5 cm³/mol. The van der Waals surface area contributed by atoms with Gasteiger partial charge in [0.2, 0.25) is 0 Å². The van der Waals surface area contributed by atoms with E-state index in [4.69, 9.17) is 11.6 Å². The molecule has 0 spiro atoms. The highest BCUT2D eigenvalue weighted by molar-refractivity contribution is 6.30. The predicted octanol–water partition coefficient (Wildman–Crippen LogP) is 2.20. The van der Waals surface area contributed by atoms with Crippen molar-refractivity contribution in [2.45, 2.75) is 32.4 Å². The van der Waals surface area contributed by atoms with Crippen molar-refractivity contribution < 1.29 is 5.11 Å². The average Bonchev–Trinajstić information content (AvgIpc) is 2.51. The van der Waals surface area contributed by atoms with Crippen LogP contribution in [0.1, 0.15) is 18.9 Å². The van der Waals surface area contributed by atoms with Gasteiger partial charge in [0.25, 0.3) is 0 Å². The van der Waals surface area contributed by atoms with Crippen LogP contribution in [-0.2, 0) is 0 Å². The lowest BCUT2D eigenvalue weighted by Crippen LogP contribution is -2.42. The van der Waals surface area contributed by atoms with Crippen LogP contribution >= 0.6 is 11.6 Å². The maximum absolute atomic E-state index is 9.40. The summed E-state index contributed by atoms with van der Waals surface area (Å²) in [6.45, 7) is 6.27. The highest BCUT2D eigenvalue weighted by Gasteiger charge is 2.21. The van der Waals surface area contributed by atoms with Crippen LogP contribution in [-0.4, -0.2) is 36.9 Å². The first-order chi connectivity index (χ1) is 8.60.